The van der Waals surface area contributed by atoms with E-state index in [1.165, 1.54) is 32.1 Å². The monoisotopic (exact) mass is 488 g/mol. The Morgan fingerprint density at radius 2 is 1.93 bits per heavy atom. The number of aryl methyl sites for hydroxylation is 1. The summed E-state index contributed by atoms with van der Waals surface area (Å²) in [5.74, 6) is 2.58. The van der Waals surface area contributed by atoms with Gasteiger partial charge in [-0.2, -0.15) is 0 Å². The molecule has 160 valence electrons. The molecule has 1 aromatic carbocycles. The molecule has 2 aromatic rings. The minimum Gasteiger partial charge on any atom is -0.494 e. The van der Waals surface area contributed by atoms with Crippen LogP contribution in [-0.4, -0.2) is 21.8 Å². The molecular weight excluding hydrogens is 460 g/mol. The summed E-state index contributed by atoms with van der Waals surface area (Å²) in [6.07, 6.45) is 8.18. The molecular formula is C24H29BrN2O2S. The Balaban J connectivity index is 1.27. The van der Waals surface area contributed by atoms with Crippen molar-refractivity contribution in [2.45, 2.75) is 63.1 Å². The molecule has 4 aliphatic rings. The van der Waals surface area contributed by atoms with Gasteiger partial charge in [0.1, 0.15) is 5.75 Å². The third kappa shape index (κ3) is 3.93. The number of hydrogen-bond donors (Lipinski definition) is 1. The van der Waals surface area contributed by atoms with Gasteiger partial charge >= 0.3 is 0 Å². The van der Waals surface area contributed by atoms with Crippen LogP contribution in [0.2, 0.25) is 0 Å². The molecule has 1 heterocycles. The van der Waals surface area contributed by atoms with Crippen LogP contribution in [0, 0.1) is 24.2 Å². The molecule has 6 rings (SSSR count). The van der Waals surface area contributed by atoms with E-state index in [2.05, 4.69) is 28.2 Å². The van der Waals surface area contributed by atoms with Crippen molar-refractivity contribution in [2.24, 2.45) is 17.3 Å². The average Bonchev–Trinajstić information content (AvgIpc) is 3.00. The summed E-state index contributed by atoms with van der Waals surface area (Å²) >= 11 is 5.61. The summed E-state index contributed by atoms with van der Waals surface area (Å²) in [6.45, 7) is 4.70. The van der Waals surface area contributed by atoms with Crippen LogP contribution in [0.4, 0.5) is 5.13 Å². The first kappa shape index (κ1) is 20.5. The number of thiazole rings is 1. The molecule has 4 saturated carbocycles. The lowest BCUT2D eigenvalue weighted by atomic mass is 9.48. The molecule has 0 aliphatic heterocycles. The Bertz CT molecular complexity index is 941. The van der Waals surface area contributed by atoms with Crippen molar-refractivity contribution < 1.29 is 9.53 Å². The summed E-state index contributed by atoms with van der Waals surface area (Å²) < 4.78 is 5.82. The van der Waals surface area contributed by atoms with Gasteiger partial charge in [-0.15, -0.1) is 11.3 Å². The minimum absolute atomic E-state index is 0.125. The van der Waals surface area contributed by atoms with Crippen molar-refractivity contribution in [1.82, 2.24) is 4.98 Å². The third-order valence-corrected chi connectivity index (χ3v) is 8.94. The van der Waals surface area contributed by atoms with E-state index in [4.69, 9.17) is 9.72 Å². The van der Waals surface area contributed by atoms with Crippen LogP contribution < -0.4 is 10.1 Å². The van der Waals surface area contributed by atoms with Crippen molar-refractivity contribution in [1.29, 1.82) is 0 Å². The second-order valence-corrected chi connectivity index (χ2v) is 12.6. The van der Waals surface area contributed by atoms with E-state index in [0.29, 0.717) is 18.2 Å². The topological polar surface area (TPSA) is 51.2 Å². The third-order valence-electron chi connectivity index (χ3n) is 7.13. The van der Waals surface area contributed by atoms with Crippen LogP contribution in [0.5, 0.6) is 5.75 Å². The van der Waals surface area contributed by atoms with E-state index in [-0.39, 0.29) is 15.6 Å². The molecule has 1 N–H and O–H groups in total. The number of halogens is 1. The van der Waals surface area contributed by atoms with Crippen LogP contribution >= 0.6 is 27.3 Å². The number of nitrogens with zero attached hydrogens (tertiary/aromatic N) is 1. The number of ether oxygens (including phenoxy) is 1. The molecule has 6 heteroatoms. The highest BCUT2D eigenvalue weighted by Crippen LogP contribution is 2.65. The molecule has 4 fully saturated rings. The van der Waals surface area contributed by atoms with Gasteiger partial charge in [-0.25, -0.2) is 4.98 Å². The van der Waals surface area contributed by atoms with Crippen molar-refractivity contribution in [2.75, 3.05) is 11.9 Å². The highest BCUT2D eigenvalue weighted by molar-refractivity contribution is 9.10. The SMILES string of the molecule is CCOc1ccc(-c2nc(NC(=O)CC34C[C@@H]5C[C@@H](CC(Br)(C5)C3)C4)sc2C)cc1. The predicted octanol–water partition coefficient (Wildman–Crippen LogP) is 6.58. The van der Waals surface area contributed by atoms with Gasteiger partial charge in [0.2, 0.25) is 5.91 Å². The standard InChI is InChI=1S/C24H29BrN2O2S/c1-3-29-19-6-4-18(5-7-19)21-15(2)30-22(27-21)26-20(28)13-23-9-16-8-17(10-23)12-24(25,11-16)14-23/h4-7,16-17H,3,8-14H2,1-2H3,(H,26,27,28)/t16-,17+,23?,24?. The number of aromatic nitrogens is 1. The largest absolute Gasteiger partial charge is 0.494 e. The van der Waals surface area contributed by atoms with Gasteiger partial charge in [-0.3, -0.25) is 4.79 Å². The predicted molar refractivity (Wildman–Crippen MR) is 125 cm³/mol. The summed E-state index contributed by atoms with van der Waals surface area (Å²) in [4.78, 5) is 18.9. The number of nitrogens with one attached hydrogen (secondary N) is 1. The lowest BCUT2D eigenvalue weighted by Gasteiger charge is -2.60. The number of amides is 1. The summed E-state index contributed by atoms with van der Waals surface area (Å²) in [5, 5.41) is 3.83. The van der Waals surface area contributed by atoms with Crippen molar-refractivity contribution >= 4 is 38.3 Å². The molecule has 2 unspecified atom stereocenters. The van der Waals surface area contributed by atoms with Gasteiger partial charge < -0.3 is 10.1 Å². The number of carbonyl (C=O) groups is 1. The first-order valence-corrected chi connectivity index (χ1v) is 12.7. The zero-order valence-corrected chi connectivity index (χ0v) is 20.1. The van der Waals surface area contributed by atoms with E-state index in [0.717, 1.165) is 40.1 Å². The molecule has 30 heavy (non-hydrogen) atoms. The van der Waals surface area contributed by atoms with Gasteiger partial charge in [0.05, 0.1) is 12.3 Å². The number of benzene rings is 1. The molecule has 4 atom stereocenters. The molecule has 0 saturated heterocycles. The fourth-order valence-electron chi connectivity index (χ4n) is 6.64. The molecule has 4 aliphatic carbocycles. The van der Waals surface area contributed by atoms with Gasteiger partial charge in [0.25, 0.3) is 0 Å². The Labute approximate surface area is 190 Å². The van der Waals surface area contributed by atoms with E-state index in [9.17, 15) is 4.79 Å². The van der Waals surface area contributed by atoms with Crippen molar-refractivity contribution in [3.05, 3.63) is 29.1 Å². The first-order valence-electron chi connectivity index (χ1n) is 11.0. The normalized spacial score (nSPS) is 31.7. The quantitative estimate of drug-likeness (QED) is 0.467. The summed E-state index contributed by atoms with van der Waals surface area (Å²) in [5.41, 5.74) is 2.17. The van der Waals surface area contributed by atoms with Gasteiger partial charge in [0.15, 0.2) is 5.13 Å². The molecule has 4 bridgehead atoms. The smallest absolute Gasteiger partial charge is 0.226 e. The van der Waals surface area contributed by atoms with Crippen LogP contribution in [0.15, 0.2) is 24.3 Å². The fraction of sp³-hybridized carbons (Fsp3) is 0.583. The Morgan fingerprint density at radius 1 is 1.23 bits per heavy atom. The molecule has 1 aromatic heterocycles. The Hall–Kier alpha value is -1.40. The lowest BCUT2D eigenvalue weighted by molar-refractivity contribution is -0.123. The van der Waals surface area contributed by atoms with E-state index in [1.807, 2.05) is 31.2 Å². The second-order valence-electron chi connectivity index (χ2n) is 9.72. The van der Waals surface area contributed by atoms with Gasteiger partial charge in [-0.05, 0) is 93.9 Å². The highest BCUT2D eigenvalue weighted by atomic mass is 79.9. The highest BCUT2D eigenvalue weighted by Gasteiger charge is 2.57. The zero-order valence-electron chi connectivity index (χ0n) is 17.7. The number of rotatable bonds is 6. The summed E-state index contributed by atoms with van der Waals surface area (Å²) in [7, 11) is 0. The second kappa shape index (κ2) is 7.63. The minimum atomic E-state index is 0.125. The Morgan fingerprint density at radius 3 is 2.57 bits per heavy atom. The maximum Gasteiger partial charge on any atom is 0.226 e. The lowest BCUT2D eigenvalue weighted by Crippen LogP contribution is -2.53. The maximum absolute atomic E-state index is 13.0. The van der Waals surface area contributed by atoms with E-state index >= 15 is 0 Å². The Kier molecular flexibility index (Phi) is 5.21. The molecule has 0 radical (unpaired) electrons. The molecule has 4 nitrogen and oxygen atoms in total. The summed E-state index contributed by atoms with van der Waals surface area (Å²) in [6, 6.07) is 8.01. The molecule has 1 amide bonds. The average molecular weight is 489 g/mol. The molecule has 0 spiro atoms. The number of carbonyl (C=O) groups excluding carboxylic acids is 1. The van der Waals surface area contributed by atoms with Gasteiger partial charge in [-0.1, -0.05) is 15.9 Å². The van der Waals surface area contributed by atoms with Crippen LogP contribution in [-0.2, 0) is 4.79 Å². The number of alkyl halides is 1. The number of anilines is 1. The van der Waals surface area contributed by atoms with E-state index < -0.39 is 0 Å². The van der Waals surface area contributed by atoms with E-state index in [1.54, 1.807) is 11.3 Å². The number of hydrogen-bond acceptors (Lipinski definition) is 4. The van der Waals surface area contributed by atoms with Crippen LogP contribution in [0.25, 0.3) is 11.3 Å². The van der Waals surface area contributed by atoms with Crippen LogP contribution in [0.1, 0.15) is 56.7 Å². The zero-order chi connectivity index (χ0) is 20.9. The van der Waals surface area contributed by atoms with Crippen LogP contribution in [0.3, 0.4) is 0 Å². The van der Waals surface area contributed by atoms with Crippen molar-refractivity contribution in [3.8, 4) is 17.0 Å². The van der Waals surface area contributed by atoms with Crippen molar-refractivity contribution in [3.63, 3.8) is 0 Å². The maximum atomic E-state index is 13.0. The fourth-order valence-corrected chi connectivity index (χ4v) is 9.00. The van der Waals surface area contributed by atoms with Gasteiger partial charge in [0, 0.05) is 21.2 Å². The first-order chi connectivity index (χ1) is 14.4.